The molecule has 0 aliphatic carbocycles. The van der Waals surface area contributed by atoms with Crippen LogP contribution in [0.15, 0.2) is 117 Å². The van der Waals surface area contributed by atoms with Gasteiger partial charge in [0.2, 0.25) is 0 Å². The summed E-state index contributed by atoms with van der Waals surface area (Å²) < 4.78 is 0. The molecule has 7 heteroatoms. The van der Waals surface area contributed by atoms with Crippen LogP contribution >= 0.6 is 0 Å². The standard InChI is InChI=1S/C29H19N7/c1-5-22(27-16-30-9-11-33-27)6-2-20(1)24-13-25(15-26(14-24)29-35-18-32-19-36-29)21-3-7-23(8-4-21)28-17-31-10-12-34-28/h1-19H. The Labute approximate surface area is 207 Å². The molecule has 0 unspecified atom stereocenters. The number of hydrogen-bond acceptors (Lipinski definition) is 7. The van der Waals surface area contributed by atoms with Gasteiger partial charge in [-0.25, -0.2) is 15.0 Å². The van der Waals surface area contributed by atoms with Gasteiger partial charge in [-0.1, -0.05) is 48.5 Å². The number of hydrogen-bond donors (Lipinski definition) is 0. The largest absolute Gasteiger partial charge is 0.261 e. The molecule has 0 N–H and O–H groups in total. The van der Waals surface area contributed by atoms with Gasteiger partial charge in [0.25, 0.3) is 0 Å². The average molecular weight is 466 g/mol. The quantitative estimate of drug-likeness (QED) is 0.318. The Morgan fingerprint density at radius 2 is 0.806 bits per heavy atom. The van der Waals surface area contributed by atoms with E-state index in [2.05, 4.69) is 102 Å². The fourth-order valence-electron chi connectivity index (χ4n) is 4.04. The lowest BCUT2D eigenvalue weighted by atomic mass is 9.94. The fraction of sp³-hybridized carbons (Fsp3) is 0. The van der Waals surface area contributed by atoms with E-state index in [1.165, 1.54) is 12.7 Å². The van der Waals surface area contributed by atoms with Crippen LogP contribution in [0, 0.1) is 0 Å². The van der Waals surface area contributed by atoms with Crippen molar-refractivity contribution in [3.8, 4) is 56.2 Å². The summed E-state index contributed by atoms with van der Waals surface area (Å²) in [7, 11) is 0. The molecule has 0 amide bonds. The zero-order chi connectivity index (χ0) is 24.2. The topological polar surface area (TPSA) is 90.2 Å². The van der Waals surface area contributed by atoms with Crippen LogP contribution in [0.1, 0.15) is 0 Å². The molecular weight excluding hydrogens is 446 g/mol. The maximum atomic E-state index is 4.39. The SMILES string of the molecule is c1cnc(-c2ccc(-c3cc(-c4ccc(-c5cnccn5)cc4)cc(-c4ncncn4)c3)cc2)cn1. The van der Waals surface area contributed by atoms with Crippen molar-refractivity contribution < 1.29 is 0 Å². The molecule has 7 nitrogen and oxygen atoms in total. The van der Waals surface area contributed by atoms with Gasteiger partial charge < -0.3 is 0 Å². The molecule has 0 spiro atoms. The Hall–Kier alpha value is -5.17. The van der Waals surface area contributed by atoms with E-state index >= 15 is 0 Å². The highest BCUT2D eigenvalue weighted by Crippen LogP contribution is 2.33. The predicted molar refractivity (Wildman–Crippen MR) is 138 cm³/mol. The summed E-state index contributed by atoms with van der Waals surface area (Å²) in [5.74, 6) is 0.625. The highest BCUT2D eigenvalue weighted by molar-refractivity contribution is 5.81. The Morgan fingerprint density at radius 1 is 0.361 bits per heavy atom. The molecule has 3 aromatic heterocycles. The van der Waals surface area contributed by atoms with E-state index in [-0.39, 0.29) is 0 Å². The highest BCUT2D eigenvalue weighted by atomic mass is 15.0. The second kappa shape index (κ2) is 9.60. The van der Waals surface area contributed by atoms with Gasteiger partial charge in [0.1, 0.15) is 12.7 Å². The summed E-state index contributed by atoms with van der Waals surface area (Å²) in [6, 6.07) is 23.0. The van der Waals surface area contributed by atoms with Gasteiger partial charge in [-0.3, -0.25) is 19.9 Å². The molecule has 0 saturated heterocycles. The fourth-order valence-corrected chi connectivity index (χ4v) is 4.04. The molecule has 36 heavy (non-hydrogen) atoms. The number of aromatic nitrogens is 7. The van der Waals surface area contributed by atoms with Crippen molar-refractivity contribution in [3.63, 3.8) is 0 Å². The molecule has 3 aromatic carbocycles. The molecule has 0 fully saturated rings. The smallest absolute Gasteiger partial charge is 0.162 e. The molecule has 3 heterocycles. The highest BCUT2D eigenvalue weighted by Gasteiger charge is 2.10. The van der Waals surface area contributed by atoms with Crippen molar-refractivity contribution >= 4 is 0 Å². The van der Waals surface area contributed by atoms with Crippen molar-refractivity contribution in [1.82, 2.24) is 34.9 Å². The van der Waals surface area contributed by atoms with Crippen LogP contribution in [0.4, 0.5) is 0 Å². The lowest BCUT2D eigenvalue weighted by Crippen LogP contribution is -1.92. The molecule has 0 bridgehead atoms. The van der Waals surface area contributed by atoms with Crippen molar-refractivity contribution in [3.05, 3.63) is 117 Å². The first-order valence-electron chi connectivity index (χ1n) is 11.3. The maximum Gasteiger partial charge on any atom is 0.162 e. The predicted octanol–water partition coefficient (Wildman–Crippen LogP) is 5.79. The Bertz CT molecular complexity index is 1490. The van der Waals surface area contributed by atoms with Crippen molar-refractivity contribution in [2.45, 2.75) is 0 Å². The van der Waals surface area contributed by atoms with E-state index in [9.17, 15) is 0 Å². The van der Waals surface area contributed by atoms with Crippen molar-refractivity contribution in [2.24, 2.45) is 0 Å². The van der Waals surface area contributed by atoms with Crippen LogP contribution in [-0.2, 0) is 0 Å². The first kappa shape index (κ1) is 21.4. The summed E-state index contributed by atoms with van der Waals surface area (Å²) in [5, 5.41) is 0. The third-order valence-electron chi connectivity index (χ3n) is 5.84. The van der Waals surface area contributed by atoms with Gasteiger partial charge in [-0.05, 0) is 40.5 Å². The normalized spacial score (nSPS) is 10.8. The monoisotopic (exact) mass is 465 g/mol. The molecule has 6 aromatic rings. The molecule has 0 saturated carbocycles. The lowest BCUT2D eigenvalue weighted by molar-refractivity contribution is 1.06. The Kier molecular flexibility index (Phi) is 5.70. The zero-order valence-corrected chi connectivity index (χ0v) is 19.1. The van der Waals surface area contributed by atoms with Crippen molar-refractivity contribution in [2.75, 3.05) is 0 Å². The zero-order valence-electron chi connectivity index (χ0n) is 19.1. The molecule has 0 aliphatic rings. The summed E-state index contributed by atoms with van der Waals surface area (Å²) in [6.45, 7) is 0. The van der Waals surface area contributed by atoms with E-state index in [1.807, 2.05) is 0 Å². The van der Waals surface area contributed by atoms with Crippen LogP contribution in [0.3, 0.4) is 0 Å². The van der Waals surface area contributed by atoms with Gasteiger partial charge in [0, 0.05) is 41.5 Å². The summed E-state index contributed by atoms with van der Waals surface area (Å²) in [5.41, 5.74) is 8.91. The summed E-state index contributed by atoms with van der Waals surface area (Å²) >= 11 is 0. The Morgan fingerprint density at radius 3 is 1.25 bits per heavy atom. The number of rotatable bonds is 5. The summed E-state index contributed by atoms with van der Waals surface area (Å²) in [6.07, 6.45) is 13.3. The van der Waals surface area contributed by atoms with Crippen LogP contribution in [0.5, 0.6) is 0 Å². The maximum absolute atomic E-state index is 4.39. The second-order valence-corrected chi connectivity index (χ2v) is 8.10. The lowest BCUT2D eigenvalue weighted by Gasteiger charge is -2.11. The first-order chi connectivity index (χ1) is 17.8. The van der Waals surface area contributed by atoms with Crippen LogP contribution in [0.2, 0.25) is 0 Å². The number of nitrogens with zero attached hydrogens (tertiary/aromatic N) is 7. The van der Waals surface area contributed by atoms with Crippen LogP contribution < -0.4 is 0 Å². The van der Waals surface area contributed by atoms with E-state index in [0.29, 0.717) is 5.82 Å². The van der Waals surface area contributed by atoms with E-state index in [4.69, 9.17) is 0 Å². The molecular formula is C29H19N7. The van der Waals surface area contributed by atoms with Gasteiger partial charge in [-0.15, -0.1) is 0 Å². The average Bonchev–Trinajstić information content (AvgIpc) is 2.98. The molecule has 6 rings (SSSR count). The minimum Gasteiger partial charge on any atom is -0.261 e. The van der Waals surface area contributed by atoms with Crippen LogP contribution in [-0.4, -0.2) is 34.9 Å². The minimum atomic E-state index is 0.625. The second-order valence-electron chi connectivity index (χ2n) is 8.10. The molecule has 0 atom stereocenters. The Balaban J connectivity index is 1.41. The molecule has 170 valence electrons. The van der Waals surface area contributed by atoms with Crippen molar-refractivity contribution in [1.29, 1.82) is 0 Å². The minimum absolute atomic E-state index is 0.625. The third-order valence-corrected chi connectivity index (χ3v) is 5.84. The van der Waals surface area contributed by atoms with Gasteiger partial charge in [0.15, 0.2) is 5.82 Å². The molecule has 0 radical (unpaired) electrons. The van der Waals surface area contributed by atoms with E-state index in [1.54, 1.807) is 37.2 Å². The first-order valence-corrected chi connectivity index (χ1v) is 11.3. The number of benzene rings is 3. The van der Waals surface area contributed by atoms with Gasteiger partial charge in [0.05, 0.1) is 23.8 Å². The van der Waals surface area contributed by atoms with Gasteiger partial charge in [-0.2, -0.15) is 0 Å². The van der Waals surface area contributed by atoms with Gasteiger partial charge >= 0.3 is 0 Å². The van der Waals surface area contributed by atoms with E-state index < -0.39 is 0 Å². The molecule has 0 aliphatic heterocycles. The third kappa shape index (κ3) is 4.45. The van der Waals surface area contributed by atoms with E-state index in [0.717, 1.165) is 50.3 Å². The summed E-state index contributed by atoms with van der Waals surface area (Å²) in [4.78, 5) is 29.8. The van der Waals surface area contributed by atoms with Crippen LogP contribution in [0.25, 0.3) is 56.2 Å².